The lowest BCUT2D eigenvalue weighted by Gasteiger charge is -2.43. The van der Waals surface area contributed by atoms with Gasteiger partial charge in [0, 0.05) is 17.7 Å². The van der Waals surface area contributed by atoms with Crippen LogP contribution in [0.15, 0.2) is 47.1 Å². The topological polar surface area (TPSA) is 42.0 Å². The summed E-state index contributed by atoms with van der Waals surface area (Å²) >= 11 is 1.66. The summed E-state index contributed by atoms with van der Waals surface area (Å²) in [5, 5.41) is 3.51. The van der Waals surface area contributed by atoms with E-state index in [1.54, 1.807) is 11.3 Å². The highest BCUT2D eigenvalue weighted by Gasteiger charge is 2.49. The Bertz CT molecular complexity index is 837. The van der Waals surface area contributed by atoms with E-state index in [-0.39, 0.29) is 5.41 Å². The van der Waals surface area contributed by atoms with Gasteiger partial charge in [0.05, 0.1) is 15.8 Å². The maximum Gasteiger partial charge on any atom is 0.162 e. The molecular formula is C21H24N2OS. The molecule has 0 spiro atoms. The number of allylic oxidation sites excluding steroid dienone is 2. The Morgan fingerprint density at radius 2 is 2.04 bits per heavy atom. The second-order valence-electron chi connectivity index (χ2n) is 7.47. The van der Waals surface area contributed by atoms with Gasteiger partial charge in [-0.25, -0.2) is 4.98 Å². The molecular weight excluding hydrogens is 328 g/mol. The quantitative estimate of drug-likeness (QED) is 0.830. The minimum atomic E-state index is -0.364. The van der Waals surface area contributed by atoms with Crippen molar-refractivity contribution in [1.82, 2.24) is 4.98 Å². The smallest absolute Gasteiger partial charge is 0.162 e. The highest BCUT2D eigenvalue weighted by molar-refractivity contribution is 7.10. The molecule has 4 heteroatoms. The summed E-state index contributed by atoms with van der Waals surface area (Å²) in [4.78, 5) is 19.1. The number of rotatable bonds is 3. The molecule has 1 N–H and O–H groups in total. The molecule has 2 aliphatic rings. The fourth-order valence-electron chi connectivity index (χ4n) is 4.46. The number of carbonyl (C=O) groups is 1. The Balaban J connectivity index is 1.96. The number of nitrogens with one attached hydrogen (secondary N) is 1. The number of hydrogen-bond acceptors (Lipinski definition) is 4. The van der Waals surface area contributed by atoms with Crippen LogP contribution < -0.4 is 5.32 Å². The lowest BCUT2D eigenvalue weighted by molar-refractivity contribution is -0.118. The van der Waals surface area contributed by atoms with Gasteiger partial charge in [0.1, 0.15) is 5.82 Å². The number of thiazole rings is 1. The predicted molar refractivity (Wildman–Crippen MR) is 103 cm³/mol. The van der Waals surface area contributed by atoms with Crippen LogP contribution in [0.25, 0.3) is 0 Å². The van der Waals surface area contributed by atoms with Crippen molar-refractivity contribution in [2.45, 2.75) is 45.4 Å². The van der Waals surface area contributed by atoms with Gasteiger partial charge in [-0.05, 0) is 30.2 Å². The van der Waals surface area contributed by atoms with Gasteiger partial charge in [-0.2, -0.15) is 0 Å². The molecule has 2 atom stereocenters. The molecule has 130 valence electrons. The predicted octanol–water partition coefficient (Wildman–Crippen LogP) is 5.15. The molecule has 1 aliphatic carbocycles. The lowest BCUT2D eigenvalue weighted by Crippen LogP contribution is -2.41. The Morgan fingerprint density at radius 1 is 1.28 bits per heavy atom. The van der Waals surface area contributed by atoms with Gasteiger partial charge in [0.25, 0.3) is 0 Å². The van der Waals surface area contributed by atoms with E-state index in [1.165, 1.54) is 10.4 Å². The van der Waals surface area contributed by atoms with Crippen molar-refractivity contribution in [2.24, 2.45) is 11.8 Å². The third-order valence-electron chi connectivity index (χ3n) is 5.89. The number of nitrogens with zero attached hydrogens (tertiary/aromatic N) is 1. The van der Waals surface area contributed by atoms with Gasteiger partial charge in [-0.1, -0.05) is 51.1 Å². The number of ketones is 1. The van der Waals surface area contributed by atoms with Crippen LogP contribution in [-0.4, -0.2) is 10.8 Å². The summed E-state index contributed by atoms with van der Waals surface area (Å²) in [5.41, 5.74) is 4.81. The van der Waals surface area contributed by atoms with Gasteiger partial charge in [-0.3, -0.25) is 4.79 Å². The summed E-state index contributed by atoms with van der Waals surface area (Å²) < 4.78 is 0. The molecule has 0 saturated heterocycles. The maximum atomic E-state index is 13.3. The molecule has 25 heavy (non-hydrogen) atoms. The van der Waals surface area contributed by atoms with Crippen LogP contribution in [0.1, 0.15) is 50.5 Å². The SMILES string of the molecule is CC[C@]1(c2ccccc2)C2=C(CC(C(C)C)CC2=O)Nc2ncsc21. The van der Waals surface area contributed by atoms with Crippen LogP contribution >= 0.6 is 11.3 Å². The van der Waals surface area contributed by atoms with E-state index in [9.17, 15) is 4.79 Å². The van der Waals surface area contributed by atoms with Crippen molar-refractivity contribution >= 4 is 22.9 Å². The second-order valence-corrected chi connectivity index (χ2v) is 8.32. The van der Waals surface area contributed by atoms with Crippen LogP contribution in [0.5, 0.6) is 0 Å². The standard InChI is InChI=1S/C21H24N2OS/c1-4-21(15-8-6-5-7-9-15)18-16(23-20-19(21)25-12-22-20)10-14(13(2)3)11-17(18)24/h5-9,12-14,23H,4,10-11H2,1-3H3/t14?,21-/m0/s1. The van der Waals surface area contributed by atoms with E-state index in [0.29, 0.717) is 24.0 Å². The number of benzene rings is 1. The van der Waals surface area contributed by atoms with E-state index < -0.39 is 0 Å². The highest BCUT2D eigenvalue weighted by Crippen LogP contribution is 2.54. The van der Waals surface area contributed by atoms with Crippen molar-refractivity contribution in [3.8, 4) is 0 Å². The Kier molecular flexibility index (Phi) is 4.03. The molecule has 0 fully saturated rings. The van der Waals surface area contributed by atoms with Crippen molar-refractivity contribution in [1.29, 1.82) is 0 Å². The molecule has 3 nitrogen and oxygen atoms in total. The normalized spacial score (nSPS) is 25.6. The zero-order chi connectivity index (χ0) is 17.6. The van der Waals surface area contributed by atoms with Gasteiger partial charge in [0.15, 0.2) is 5.78 Å². The molecule has 4 rings (SSSR count). The van der Waals surface area contributed by atoms with E-state index in [2.05, 4.69) is 55.3 Å². The van der Waals surface area contributed by atoms with Crippen molar-refractivity contribution < 1.29 is 4.79 Å². The van der Waals surface area contributed by atoms with Crippen LogP contribution in [0, 0.1) is 11.8 Å². The zero-order valence-corrected chi connectivity index (χ0v) is 15.8. The maximum absolute atomic E-state index is 13.3. The Hall–Kier alpha value is -1.94. The summed E-state index contributed by atoms with van der Waals surface area (Å²) in [5.74, 6) is 2.15. The van der Waals surface area contributed by atoms with Crippen LogP contribution in [0.4, 0.5) is 5.82 Å². The molecule has 0 bridgehead atoms. The number of aromatic nitrogens is 1. The summed E-state index contributed by atoms with van der Waals surface area (Å²) in [7, 11) is 0. The number of carbonyl (C=O) groups excluding carboxylic acids is 1. The molecule has 1 aromatic carbocycles. The number of anilines is 1. The van der Waals surface area contributed by atoms with E-state index in [1.807, 2.05) is 11.6 Å². The van der Waals surface area contributed by atoms with Gasteiger partial charge in [0.2, 0.25) is 0 Å². The van der Waals surface area contributed by atoms with E-state index in [4.69, 9.17) is 0 Å². The third-order valence-corrected chi connectivity index (χ3v) is 6.87. The molecule has 2 aromatic rings. The monoisotopic (exact) mass is 352 g/mol. The van der Waals surface area contributed by atoms with Crippen LogP contribution in [0.2, 0.25) is 0 Å². The second kappa shape index (κ2) is 6.10. The largest absolute Gasteiger partial charge is 0.342 e. The first kappa shape index (κ1) is 16.5. The first-order chi connectivity index (χ1) is 12.1. The third kappa shape index (κ3) is 2.38. The molecule has 0 radical (unpaired) electrons. The van der Waals surface area contributed by atoms with E-state index >= 15 is 0 Å². The number of Topliss-reactive ketones (excluding diaryl/α,β-unsaturated/α-hetero) is 1. The summed E-state index contributed by atoms with van der Waals surface area (Å²) in [6.07, 6.45) is 2.45. The van der Waals surface area contributed by atoms with Crippen LogP contribution in [0.3, 0.4) is 0 Å². The summed E-state index contributed by atoms with van der Waals surface area (Å²) in [6, 6.07) is 10.5. The minimum absolute atomic E-state index is 0.303. The average Bonchev–Trinajstić information content (AvgIpc) is 3.09. The first-order valence-corrected chi connectivity index (χ1v) is 9.99. The fraction of sp³-hybridized carbons (Fsp3) is 0.429. The van der Waals surface area contributed by atoms with Gasteiger partial charge < -0.3 is 5.32 Å². The van der Waals surface area contributed by atoms with Gasteiger partial charge in [-0.15, -0.1) is 11.3 Å². The summed E-state index contributed by atoms with van der Waals surface area (Å²) in [6.45, 7) is 6.62. The zero-order valence-electron chi connectivity index (χ0n) is 15.0. The van der Waals surface area contributed by atoms with Gasteiger partial charge >= 0.3 is 0 Å². The molecule has 1 aromatic heterocycles. The van der Waals surface area contributed by atoms with Crippen molar-refractivity contribution in [3.63, 3.8) is 0 Å². The molecule has 0 saturated carbocycles. The Labute approximate surface area is 153 Å². The number of hydrogen-bond donors (Lipinski definition) is 1. The van der Waals surface area contributed by atoms with Crippen molar-refractivity contribution in [2.75, 3.05) is 5.32 Å². The fourth-order valence-corrected chi connectivity index (χ4v) is 5.50. The number of fused-ring (bicyclic) bond motifs is 1. The van der Waals surface area contributed by atoms with Crippen molar-refractivity contribution in [3.05, 3.63) is 57.6 Å². The molecule has 1 aliphatic heterocycles. The van der Waals surface area contributed by atoms with Crippen LogP contribution in [-0.2, 0) is 10.2 Å². The highest BCUT2D eigenvalue weighted by atomic mass is 32.1. The average molecular weight is 353 g/mol. The molecule has 0 amide bonds. The Morgan fingerprint density at radius 3 is 2.72 bits per heavy atom. The first-order valence-electron chi connectivity index (χ1n) is 9.11. The minimum Gasteiger partial charge on any atom is -0.342 e. The van der Waals surface area contributed by atoms with E-state index in [0.717, 1.165) is 29.9 Å². The molecule has 2 heterocycles. The lowest BCUT2D eigenvalue weighted by atomic mass is 9.63. The molecule has 1 unspecified atom stereocenters.